The van der Waals surface area contributed by atoms with Gasteiger partial charge in [-0.15, -0.1) is 0 Å². The smallest absolute Gasteiger partial charge is 0.0558 e. The molecule has 2 nitrogen and oxygen atoms in total. The fourth-order valence-corrected chi connectivity index (χ4v) is 3.39. The minimum Gasteiger partial charge on any atom is -0.307 e. The molecule has 0 amide bonds. The van der Waals surface area contributed by atoms with Crippen molar-refractivity contribution < 1.29 is 0 Å². The summed E-state index contributed by atoms with van der Waals surface area (Å²) >= 11 is 0. The number of likely N-dealkylation sites (N-methyl/N-ethyl adjacent to an activating group) is 1. The van der Waals surface area contributed by atoms with Crippen LogP contribution in [0.2, 0.25) is 0 Å². The lowest BCUT2D eigenvalue weighted by molar-refractivity contribution is 0.0548. The molecule has 1 N–H and O–H groups in total. The van der Waals surface area contributed by atoms with E-state index >= 15 is 0 Å². The summed E-state index contributed by atoms with van der Waals surface area (Å²) in [5, 5.41) is 3.75. The Morgan fingerprint density at radius 2 is 1.67 bits per heavy atom. The molecule has 21 heavy (non-hydrogen) atoms. The Morgan fingerprint density at radius 3 is 2.29 bits per heavy atom. The molecule has 0 radical (unpaired) electrons. The molecular weight excluding hydrogens is 256 g/mol. The lowest BCUT2D eigenvalue weighted by atomic mass is 9.86. The van der Waals surface area contributed by atoms with E-state index in [0.717, 1.165) is 19.6 Å². The Bertz CT molecular complexity index is 567. The molecule has 1 heterocycles. The molecule has 0 bridgehead atoms. The Hall–Kier alpha value is -1.64. The molecule has 1 aliphatic heterocycles. The van der Waals surface area contributed by atoms with Crippen LogP contribution in [0.25, 0.3) is 0 Å². The maximum absolute atomic E-state index is 3.75. The monoisotopic (exact) mass is 280 g/mol. The molecule has 1 aliphatic rings. The molecule has 0 spiro atoms. The Kier molecular flexibility index (Phi) is 4.09. The maximum Gasteiger partial charge on any atom is 0.0558 e. The first kappa shape index (κ1) is 14.3. The number of nitrogens with one attached hydrogen (secondary N) is 1. The molecule has 1 saturated heterocycles. The highest BCUT2D eigenvalue weighted by Gasteiger charge is 2.38. The van der Waals surface area contributed by atoms with Gasteiger partial charge in [-0.25, -0.2) is 0 Å². The van der Waals surface area contributed by atoms with Gasteiger partial charge in [-0.05, 0) is 24.6 Å². The van der Waals surface area contributed by atoms with E-state index in [4.69, 9.17) is 0 Å². The van der Waals surface area contributed by atoms with Gasteiger partial charge in [-0.1, -0.05) is 67.6 Å². The molecule has 1 fully saturated rings. The Labute approximate surface area is 127 Å². The number of hydrogen-bond donors (Lipinski definition) is 1. The van der Waals surface area contributed by atoms with Crippen LogP contribution in [0.3, 0.4) is 0 Å². The number of rotatable bonds is 3. The van der Waals surface area contributed by atoms with Gasteiger partial charge in [0.25, 0.3) is 0 Å². The second-order valence-corrected chi connectivity index (χ2v) is 6.02. The van der Waals surface area contributed by atoms with Crippen LogP contribution in [0, 0.1) is 0 Å². The molecule has 0 aliphatic carbocycles. The summed E-state index contributed by atoms with van der Waals surface area (Å²) < 4.78 is 0. The average molecular weight is 280 g/mol. The van der Waals surface area contributed by atoms with Crippen molar-refractivity contribution in [2.45, 2.75) is 25.4 Å². The van der Waals surface area contributed by atoms with E-state index in [-0.39, 0.29) is 5.54 Å². The van der Waals surface area contributed by atoms with E-state index in [0.29, 0.717) is 6.04 Å². The highest BCUT2D eigenvalue weighted by atomic mass is 15.3. The summed E-state index contributed by atoms with van der Waals surface area (Å²) in [6.07, 6.45) is 0. The first-order valence-electron chi connectivity index (χ1n) is 7.83. The topological polar surface area (TPSA) is 15.3 Å². The summed E-state index contributed by atoms with van der Waals surface area (Å²) in [5.74, 6) is 0. The summed E-state index contributed by atoms with van der Waals surface area (Å²) in [7, 11) is 0. The Balaban J connectivity index is 1.85. The van der Waals surface area contributed by atoms with Gasteiger partial charge in [0.15, 0.2) is 0 Å². The predicted molar refractivity (Wildman–Crippen MR) is 88.2 cm³/mol. The van der Waals surface area contributed by atoms with Crippen LogP contribution in [0.1, 0.15) is 31.0 Å². The van der Waals surface area contributed by atoms with Gasteiger partial charge in [0.1, 0.15) is 0 Å². The zero-order valence-electron chi connectivity index (χ0n) is 12.9. The number of benzene rings is 2. The maximum atomic E-state index is 3.75. The molecule has 2 heteroatoms. The third-order valence-electron chi connectivity index (χ3n) is 4.77. The van der Waals surface area contributed by atoms with Gasteiger partial charge in [0.05, 0.1) is 5.54 Å². The van der Waals surface area contributed by atoms with E-state index in [1.54, 1.807) is 0 Å². The van der Waals surface area contributed by atoms with Crippen LogP contribution in [0.4, 0.5) is 0 Å². The van der Waals surface area contributed by atoms with Gasteiger partial charge in [-0.2, -0.15) is 0 Å². The first-order chi connectivity index (χ1) is 10.2. The highest BCUT2D eigenvalue weighted by molar-refractivity contribution is 5.27. The normalized spacial score (nSPS) is 26.7. The van der Waals surface area contributed by atoms with Crippen molar-refractivity contribution in [3.8, 4) is 0 Å². The molecule has 110 valence electrons. The standard InChI is InChI=1S/C19H24N2/c1-3-21-14-18(16-10-6-4-7-11-16)20-15-19(21,2)17-12-8-5-9-13-17/h4-13,18,20H,3,14-15H2,1-2H3. The summed E-state index contributed by atoms with van der Waals surface area (Å²) in [5.41, 5.74) is 2.85. The molecular formula is C19H24N2. The van der Waals surface area contributed by atoms with Crippen LogP contribution < -0.4 is 5.32 Å². The highest BCUT2D eigenvalue weighted by Crippen LogP contribution is 2.33. The lowest BCUT2D eigenvalue weighted by Crippen LogP contribution is -2.58. The van der Waals surface area contributed by atoms with Gasteiger partial charge in [0.2, 0.25) is 0 Å². The van der Waals surface area contributed by atoms with Crippen molar-refractivity contribution in [3.63, 3.8) is 0 Å². The van der Waals surface area contributed by atoms with E-state index in [2.05, 4.69) is 84.7 Å². The SMILES string of the molecule is CCN1CC(c2ccccc2)NCC1(C)c1ccccc1. The van der Waals surface area contributed by atoms with Crippen molar-refractivity contribution >= 4 is 0 Å². The third kappa shape index (κ3) is 2.74. The molecule has 2 aromatic carbocycles. The van der Waals surface area contributed by atoms with E-state index in [9.17, 15) is 0 Å². The molecule has 2 atom stereocenters. The summed E-state index contributed by atoms with van der Waals surface area (Å²) in [4.78, 5) is 2.59. The number of piperazine rings is 1. The summed E-state index contributed by atoms with van der Waals surface area (Å²) in [6.45, 7) is 7.70. The minimum absolute atomic E-state index is 0.0707. The fourth-order valence-electron chi connectivity index (χ4n) is 3.39. The van der Waals surface area contributed by atoms with Crippen LogP contribution in [-0.2, 0) is 5.54 Å². The molecule has 3 rings (SSSR count). The van der Waals surface area contributed by atoms with Crippen LogP contribution in [0.5, 0.6) is 0 Å². The van der Waals surface area contributed by atoms with Crippen molar-refractivity contribution in [3.05, 3.63) is 71.8 Å². The summed E-state index contributed by atoms with van der Waals surface area (Å²) in [6, 6.07) is 22.0. The van der Waals surface area contributed by atoms with Gasteiger partial charge < -0.3 is 5.32 Å². The molecule has 0 aromatic heterocycles. The van der Waals surface area contributed by atoms with Gasteiger partial charge in [0, 0.05) is 19.1 Å². The van der Waals surface area contributed by atoms with Crippen molar-refractivity contribution in [2.24, 2.45) is 0 Å². The zero-order chi connectivity index (χ0) is 14.7. The van der Waals surface area contributed by atoms with Crippen LogP contribution in [0.15, 0.2) is 60.7 Å². The van der Waals surface area contributed by atoms with Crippen LogP contribution in [-0.4, -0.2) is 24.5 Å². The third-order valence-corrected chi connectivity index (χ3v) is 4.77. The second kappa shape index (κ2) is 6.00. The first-order valence-corrected chi connectivity index (χ1v) is 7.83. The minimum atomic E-state index is 0.0707. The average Bonchev–Trinajstić information content (AvgIpc) is 2.57. The van der Waals surface area contributed by atoms with Crippen LogP contribution >= 0.6 is 0 Å². The molecule has 2 unspecified atom stereocenters. The number of hydrogen-bond acceptors (Lipinski definition) is 2. The molecule has 2 aromatic rings. The van der Waals surface area contributed by atoms with Gasteiger partial charge >= 0.3 is 0 Å². The quantitative estimate of drug-likeness (QED) is 0.924. The molecule has 0 saturated carbocycles. The fraction of sp³-hybridized carbons (Fsp3) is 0.368. The van der Waals surface area contributed by atoms with E-state index in [1.807, 2.05) is 0 Å². The van der Waals surface area contributed by atoms with E-state index < -0.39 is 0 Å². The number of nitrogens with zero attached hydrogens (tertiary/aromatic N) is 1. The zero-order valence-corrected chi connectivity index (χ0v) is 12.9. The lowest BCUT2D eigenvalue weighted by Gasteiger charge is -2.48. The van der Waals surface area contributed by atoms with Crippen molar-refractivity contribution in [1.82, 2.24) is 10.2 Å². The Morgan fingerprint density at radius 1 is 1.05 bits per heavy atom. The predicted octanol–water partition coefficient (Wildman–Crippen LogP) is 3.57. The van der Waals surface area contributed by atoms with Gasteiger partial charge in [-0.3, -0.25) is 4.90 Å². The largest absolute Gasteiger partial charge is 0.307 e. The van der Waals surface area contributed by atoms with Crippen molar-refractivity contribution in [1.29, 1.82) is 0 Å². The van der Waals surface area contributed by atoms with E-state index in [1.165, 1.54) is 11.1 Å². The second-order valence-electron chi connectivity index (χ2n) is 6.02. The van der Waals surface area contributed by atoms with Crippen molar-refractivity contribution in [2.75, 3.05) is 19.6 Å².